The summed E-state index contributed by atoms with van der Waals surface area (Å²) in [6.07, 6.45) is 3.59. The maximum atomic E-state index is 11.5. The van der Waals surface area contributed by atoms with Crippen molar-refractivity contribution < 1.29 is 9.53 Å². The number of hydrogen-bond acceptors (Lipinski definition) is 5. The Labute approximate surface area is 131 Å². The molecule has 0 spiro atoms. The first-order chi connectivity index (χ1) is 10.7. The summed E-state index contributed by atoms with van der Waals surface area (Å²) in [4.78, 5) is 15.6. The molecule has 6 nitrogen and oxygen atoms in total. The second-order valence-electron chi connectivity index (χ2n) is 4.32. The number of anilines is 2. The number of nitrogen functional groups attached to an aromatic ring is 1. The molecule has 0 saturated heterocycles. The van der Waals surface area contributed by atoms with E-state index in [1.54, 1.807) is 30.7 Å². The average Bonchev–Trinajstić information content (AvgIpc) is 3.02. The summed E-state index contributed by atoms with van der Waals surface area (Å²) in [5, 5.41) is 3.22. The number of aryl methyl sites for hydroxylation is 1. The van der Waals surface area contributed by atoms with Crippen LogP contribution in [0.25, 0.3) is 0 Å². The number of rotatable bonds is 5. The van der Waals surface area contributed by atoms with Gasteiger partial charge in [0, 0.05) is 12.7 Å². The summed E-state index contributed by atoms with van der Waals surface area (Å²) in [5.74, 6) is -0.383. The minimum absolute atomic E-state index is 0.383. The first-order valence-corrected chi connectivity index (χ1v) is 7.36. The van der Waals surface area contributed by atoms with Crippen LogP contribution in [-0.2, 0) is 17.8 Å². The molecule has 0 fully saturated rings. The molecular formula is C16H24N4O2. The van der Waals surface area contributed by atoms with Gasteiger partial charge in [-0.05, 0) is 25.1 Å². The zero-order valence-electron chi connectivity index (χ0n) is 13.6. The van der Waals surface area contributed by atoms with Gasteiger partial charge in [0.25, 0.3) is 0 Å². The molecule has 6 heteroatoms. The van der Waals surface area contributed by atoms with Crippen LogP contribution in [0.2, 0.25) is 0 Å². The number of esters is 1. The quantitative estimate of drug-likeness (QED) is 0.655. The lowest BCUT2D eigenvalue weighted by Gasteiger charge is -2.11. The number of nitrogens with two attached hydrogens (primary N) is 1. The Morgan fingerprint density at radius 3 is 2.77 bits per heavy atom. The fourth-order valence-electron chi connectivity index (χ4n) is 1.92. The second kappa shape index (κ2) is 8.71. The summed E-state index contributed by atoms with van der Waals surface area (Å²) in [7, 11) is 1.35. The molecule has 22 heavy (non-hydrogen) atoms. The predicted octanol–water partition coefficient (Wildman–Crippen LogP) is 2.91. The monoisotopic (exact) mass is 304 g/mol. The summed E-state index contributed by atoms with van der Waals surface area (Å²) in [5.41, 5.74) is 8.71. The van der Waals surface area contributed by atoms with Crippen molar-refractivity contribution in [2.45, 2.75) is 33.9 Å². The van der Waals surface area contributed by atoms with Gasteiger partial charge in [-0.25, -0.2) is 9.78 Å². The van der Waals surface area contributed by atoms with Crippen molar-refractivity contribution >= 4 is 17.3 Å². The number of nitrogens with one attached hydrogen (secondary N) is 1. The lowest BCUT2D eigenvalue weighted by atomic mass is 10.1. The van der Waals surface area contributed by atoms with Gasteiger partial charge in [0.2, 0.25) is 0 Å². The average molecular weight is 304 g/mol. The maximum Gasteiger partial charge on any atom is 0.337 e. The second-order valence-corrected chi connectivity index (χ2v) is 4.32. The number of nitrogens with zero attached hydrogens (tertiary/aromatic N) is 2. The van der Waals surface area contributed by atoms with Gasteiger partial charge >= 0.3 is 5.97 Å². The van der Waals surface area contributed by atoms with E-state index in [2.05, 4.69) is 17.2 Å². The Balaban J connectivity index is 0.00000116. The summed E-state index contributed by atoms with van der Waals surface area (Å²) < 4.78 is 6.73. The fourth-order valence-corrected chi connectivity index (χ4v) is 1.92. The van der Waals surface area contributed by atoms with E-state index in [1.165, 1.54) is 7.11 Å². The highest BCUT2D eigenvalue weighted by atomic mass is 16.5. The molecule has 2 aromatic rings. The Morgan fingerprint density at radius 1 is 1.41 bits per heavy atom. The van der Waals surface area contributed by atoms with Crippen molar-refractivity contribution in [3.63, 3.8) is 0 Å². The van der Waals surface area contributed by atoms with Crippen LogP contribution in [0.1, 0.15) is 36.8 Å². The molecule has 0 aliphatic carbocycles. The molecule has 0 atom stereocenters. The molecule has 120 valence electrons. The summed E-state index contributed by atoms with van der Waals surface area (Å²) in [6, 6.07) is 5.02. The first-order valence-electron chi connectivity index (χ1n) is 7.36. The molecule has 0 aliphatic heterocycles. The molecule has 0 amide bonds. The van der Waals surface area contributed by atoms with E-state index in [9.17, 15) is 4.79 Å². The highest BCUT2D eigenvalue weighted by Gasteiger charge is 2.09. The van der Waals surface area contributed by atoms with E-state index in [0.717, 1.165) is 12.2 Å². The van der Waals surface area contributed by atoms with Crippen LogP contribution >= 0.6 is 0 Å². The lowest BCUT2D eigenvalue weighted by Crippen LogP contribution is -2.09. The fraction of sp³-hybridized carbons (Fsp3) is 0.375. The summed E-state index contributed by atoms with van der Waals surface area (Å²) in [6.45, 7) is 7.49. The third-order valence-electron chi connectivity index (χ3n) is 3.07. The van der Waals surface area contributed by atoms with Crippen LogP contribution in [0, 0.1) is 0 Å². The maximum absolute atomic E-state index is 11.5. The topological polar surface area (TPSA) is 82.2 Å². The van der Waals surface area contributed by atoms with Crippen molar-refractivity contribution in [2.24, 2.45) is 0 Å². The lowest BCUT2D eigenvalue weighted by molar-refractivity contribution is 0.0601. The molecule has 2 rings (SSSR count). The van der Waals surface area contributed by atoms with E-state index < -0.39 is 0 Å². The Hall–Kier alpha value is -2.50. The van der Waals surface area contributed by atoms with Crippen LogP contribution in [0.3, 0.4) is 0 Å². The van der Waals surface area contributed by atoms with Gasteiger partial charge in [-0.2, -0.15) is 0 Å². The van der Waals surface area contributed by atoms with Crippen molar-refractivity contribution in [2.75, 3.05) is 18.2 Å². The number of carbonyl (C=O) groups excluding carboxylic acids is 1. The van der Waals surface area contributed by atoms with Crippen LogP contribution in [0.15, 0.2) is 30.7 Å². The standard InChI is InChI=1S/C14H18N4O2.C2H6/c1-3-18-9-16-7-11(18)8-17-13-6-10(14(19)20-2)4-5-12(13)15;1-2/h4-7,9,17H,3,8,15H2,1-2H3;1-2H3. The van der Waals surface area contributed by atoms with Crippen LogP contribution in [0.5, 0.6) is 0 Å². The SMILES string of the molecule is CC.CCn1cncc1CNc1cc(C(=O)OC)ccc1N. The Bertz CT molecular complexity index is 608. The molecule has 0 unspecified atom stereocenters. The van der Waals surface area contributed by atoms with Crippen LogP contribution in [0.4, 0.5) is 11.4 Å². The molecule has 3 N–H and O–H groups in total. The predicted molar refractivity (Wildman–Crippen MR) is 88.8 cm³/mol. The zero-order chi connectivity index (χ0) is 16.5. The third kappa shape index (κ3) is 4.25. The number of aromatic nitrogens is 2. The Morgan fingerprint density at radius 2 is 2.14 bits per heavy atom. The smallest absolute Gasteiger partial charge is 0.337 e. The zero-order valence-corrected chi connectivity index (χ0v) is 13.6. The highest BCUT2D eigenvalue weighted by molar-refractivity contribution is 5.91. The number of ether oxygens (including phenoxy) is 1. The Kier molecular flexibility index (Phi) is 6.95. The van der Waals surface area contributed by atoms with Gasteiger partial charge in [0.15, 0.2) is 0 Å². The molecular weight excluding hydrogens is 280 g/mol. The van der Waals surface area contributed by atoms with Gasteiger partial charge in [-0.1, -0.05) is 13.8 Å². The number of methoxy groups -OCH3 is 1. The number of hydrogen-bond donors (Lipinski definition) is 2. The van der Waals surface area contributed by atoms with E-state index in [-0.39, 0.29) is 5.97 Å². The van der Waals surface area contributed by atoms with Crippen molar-refractivity contribution in [1.29, 1.82) is 0 Å². The van der Waals surface area contributed by atoms with Gasteiger partial charge in [-0.15, -0.1) is 0 Å². The van der Waals surface area contributed by atoms with Crippen molar-refractivity contribution in [3.05, 3.63) is 42.0 Å². The largest absolute Gasteiger partial charge is 0.465 e. The van der Waals surface area contributed by atoms with E-state index in [1.807, 2.05) is 18.4 Å². The van der Waals surface area contributed by atoms with Gasteiger partial charge in [-0.3, -0.25) is 0 Å². The number of imidazole rings is 1. The van der Waals surface area contributed by atoms with E-state index >= 15 is 0 Å². The van der Waals surface area contributed by atoms with Crippen LogP contribution < -0.4 is 11.1 Å². The van der Waals surface area contributed by atoms with Crippen molar-refractivity contribution in [3.8, 4) is 0 Å². The van der Waals surface area contributed by atoms with Gasteiger partial charge in [0.1, 0.15) is 0 Å². The van der Waals surface area contributed by atoms with Crippen molar-refractivity contribution in [1.82, 2.24) is 9.55 Å². The number of benzene rings is 1. The molecule has 1 aromatic carbocycles. The first kappa shape index (κ1) is 17.6. The van der Waals surface area contributed by atoms with E-state index in [4.69, 9.17) is 10.5 Å². The molecule has 1 heterocycles. The number of carbonyl (C=O) groups is 1. The van der Waals surface area contributed by atoms with E-state index in [0.29, 0.717) is 23.5 Å². The molecule has 0 saturated carbocycles. The molecule has 0 radical (unpaired) electrons. The molecule has 0 bridgehead atoms. The highest BCUT2D eigenvalue weighted by Crippen LogP contribution is 2.21. The van der Waals surface area contributed by atoms with Gasteiger partial charge in [0.05, 0.1) is 42.6 Å². The normalized spacial score (nSPS) is 9.64. The van der Waals surface area contributed by atoms with Crippen LogP contribution in [-0.4, -0.2) is 22.6 Å². The molecule has 1 aromatic heterocycles. The minimum Gasteiger partial charge on any atom is -0.465 e. The van der Waals surface area contributed by atoms with Gasteiger partial charge < -0.3 is 20.4 Å². The molecule has 0 aliphatic rings. The minimum atomic E-state index is -0.383. The third-order valence-corrected chi connectivity index (χ3v) is 3.07. The summed E-state index contributed by atoms with van der Waals surface area (Å²) >= 11 is 0.